The van der Waals surface area contributed by atoms with Gasteiger partial charge in [-0.05, 0) is 42.4 Å². The zero-order valence-electron chi connectivity index (χ0n) is 19.4. The first kappa shape index (κ1) is 21.8. The minimum absolute atomic E-state index is 0.0173. The number of carbonyl (C=O) groups excluding carboxylic acids is 1. The Morgan fingerprint density at radius 2 is 1.97 bits per heavy atom. The van der Waals surface area contributed by atoms with E-state index in [2.05, 4.69) is 69.0 Å². The zero-order valence-corrected chi connectivity index (χ0v) is 19.4. The molecular weight excluding hydrogens is 388 g/mol. The van der Waals surface area contributed by atoms with E-state index in [-0.39, 0.29) is 11.9 Å². The minimum Gasteiger partial charge on any atom is -0.374 e. The highest BCUT2D eigenvalue weighted by molar-refractivity contribution is 5.73. The Hall–Kier alpha value is -2.41. The van der Waals surface area contributed by atoms with E-state index >= 15 is 0 Å². The molecule has 0 bridgehead atoms. The van der Waals surface area contributed by atoms with Gasteiger partial charge in [-0.15, -0.1) is 10.2 Å². The van der Waals surface area contributed by atoms with Gasteiger partial charge in [0.2, 0.25) is 5.91 Å². The normalized spacial score (nSPS) is 17.8. The molecule has 0 saturated heterocycles. The molecule has 0 aliphatic carbocycles. The Balaban J connectivity index is 1.45. The van der Waals surface area contributed by atoms with E-state index in [1.807, 2.05) is 0 Å². The van der Waals surface area contributed by atoms with Gasteiger partial charge in [0.15, 0.2) is 5.82 Å². The fourth-order valence-electron chi connectivity index (χ4n) is 4.95. The molecule has 1 atom stereocenters. The van der Waals surface area contributed by atoms with Crippen molar-refractivity contribution < 1.29 is 4.79 Å². The second-order valence-corrected chi connectivity index (χ2v) is 9.52. The molecule has 7 heteroatoms. The number of aryl methyl sites for hydroxylation is 1. The summed E-state index contributed by atoms with van der Waals surface area (Å²) < 4.78 is 2.24. The summed E-state index contributed by atoms with van der Waals surface area (Å²) >= 11 is 0. The maximum absolute atomic E-state index is 11.8. The van der Waals surface area contributed by atoms with E-state index in [1.54, 1.807) is 6.92 Å². The van der Waals surface area contributed by atoms with Gasteiger partial charge in [0, 0.05) is 58.8 Å². The van der Waals surface area contributed by atoms with E-state index < -0.39 is 0 Å². The van der Waals surface area contributed by atoms with E-state index in [4.69, 9.17) is 0 Å². The van der Waals surface area contributed by atoms with Crippen molar-refractivity contribution in [2.75, 3.05) is 31.6 Å². The van der Waals surface area contributed by atoms with Crippen molar-refractivity contribution in [2.24, 2.45) is 5.92 Å². The first-order valence-corrected chi connectivity index (χ1v) is 11.6. The lowest BCUT2D eigenvalue weighted by Gasteiger charge is -2.28. The zero-order chi connectivity index (χ0) is 22.0. The summed E-state index contributed by atoms with van der Waals surface area (Å²) in [5.41, 5.74) is 4.26. The van der Waals surface area contributed by atoms with Crippen molar-refractivity contribution in [3.05, 3.63) is 41.0 Å². The Morgan fingerprint density at radius 1 is 1.13 bits per heavy atom. The number of hydrogen-bond acceptors (Lipinski definition) is 5. The van der Waals surface area contributed by atoms with Crippen LogP contribution in [0.2, 0.25) is 0 Å². The molecule has 0 radical (unpaired) electrons. The number of carbonyl (C=O) groups is 1. The smallest absolute Gasteiger partial charge is 0.217 e. The van der Waals surface area contributed by atoms with E-state index in [9.17, 15) is 4.79 Å². The Kier molecular flexibility index (Phi) is 6.60. The SMILES string of the molecule is CC(=O)NC(CC(C)C)c1nnc2n1CCN(Cc1ccc3c(c1)CCCN3C)CC2. The molecule has 1 aromatic heterocycles. The van der Waals surface area contributed by atoms with Crippen molar-refractivity contribution in [1.29, 1.82) is 0 Å². The van der Waals surface area contributed by atoms with Crippen LogP contribution in [0.1, 0.15) is 62.4 Å². The first-order chi connectivity index (χ1) is 14.9. The van der Waals surface area contributed by atoms with Crippen LogP contribution in [0.15, 0.2) is 18.2 Å². The van der Waals surface area contributed by atoms with E-state index in [0.717, 1.165) is 57.2 Å². The summed E-state index contributed by atoms with van der Waals surface area (Å²) in [5.74, 6) is 2.38. The number of nitrogens with zero attached hydrogens (tertiary/aromatic N) is 5. The minimum atomic E-state index is -0.0806. The Morgan fingerprint density at radius 3 is 2.74 bits per heavy atom. The topological polar surface area (TPSA) is 66.3 Å². The monoisotopic (exact) mass is 424 g/mol. The molecule has 0 saturated carbocycles. The van der Waals surface area contributed by atoms with Crippen LogP contribution in [0, 0.1) is 5.92 Å². The number of nitrogens with one attached hydrogen (secondary N) is 1. The van der Waals surface area contributed by atoms with Gasteiger partial charge in [0.05, 0.1) is 6.04 Å². The third kappa shape index (κ3) is 5.09. The molecule has 2 aromatic rings. The molecule has 1 aromatic carbocycles. The third-order valence-electron chi connectivity index (χ3n) is 6.44. The number of benzene rings is 1. The summed E-state index contributed by atoms with van der Waals surface area (Å²) in [6, 6.07) is 6.89. The molecule has 31 heavy (non-hydrogen) atoms. The number of amides is 1. The maximum Gasteiger partial charge on any atom is 0.217 e. The number of rotatable bonds is 6. The molecule has 1 unspecified atom stereocenters. The molecule has 0 fully saturated rings. The number of aromatic nitrogens is 3. The molecule has 1 amide bonds. The van der Waals surface area contributed by atoms with Crippen molar-refractivity contribution >= 4 is 11.6 Å². The number of hydrogen-bond donors (Lipinski definition) is 1. The van der Waals surface area contributed by atoms with Gasteiger partial charge in [-0.1, -0.05) is 26.0 Å². The average Bonchev–Trinajstić information content (AvgIpc) is 3.01. The predicted molar refractivity (Wildman–Crippen MR) is 123 cm³/mol. The van der Waals surface area contributed by atoms with Gasteiger partial charge in [-0.25, -0.2) is 0 Å². The second kappa shape index (κ2) is 9.39. The Labute approximate surface area is 185 Å². The van der Waals surface area contributed by atoms with E-state index in [0.29, 0.717) is 5.92 Å². The van der Waals surface area contributed by atoms with Crippen LogP contribution >= 0.6 is 0 Å². The van der Waals surface area contributed by atoms with Gasteiger partial charge in [-0.2, -0.15) is 0 Å². The molecule has 2 aliphatic rings. The number of anilines is 1. The summed E-state index contributed by atoms with van der Waals surface area (Å²) in [5, 5.41) is 12.1. The predicted octanol–water partition coefficient (Wildman–Crippen LogP) is 2.94. The summed E-state index contributed by atoms with van der Waals surface area (Å²) in [6.45, 7) is 10.8. The van der Waals surface area contributed by atoms with Crippen LogP contribution in [-0.2, 0) is 30.7 Å². The molecule has 0 spiro atoms. The molecule has 2 aliphatic heterocycles. The van der Waals surface area contributed by atoms with Crippen molar-refractivity contribution in [2.45, 2.75) is 65.6 Å². The highest BCUT2D eigenvalue weighted by Gasteiger charge is 2.25. The van der Waals surface area contributed by atoms with Crippen molar-refractivity contribution in [3.63, 3.8) is 0 Å². The lowest BCUT2D eigenvalue weighted by Crippen LogP contribution is -2.31. The molecule has 7 nitrogen and oxygen atoms in total. The maximum atomic E-state index is 11.8. The van der Waals surface area contributed by atoms with Crippen LogP contribution in [0.4, 0.5) is 5.69 Å². The largest absolute Gasteiger partial charge is 0.374 e. The van der Waals surface area contributed by atoms with Crippen LogP contribution in [-0.4, -0.2) is 52.3 Å². The molecule has 4 rings (SSSR count). The average molecular weight is 425 g/mol. The fraction of sp³-hybridized carbons (Fsp3) is 0.625. The molecule has 1 N–H and O–H groups in total. The standard InChI is InChI=1S/C24H36N6O/c1-17(2)14-21(25-18(3)31)24-27-26-23-9-11-29(12-13-30(23)24)16-19-7-8-22-20(15-19)6-5-10-28(22)4/h7-8,15,17,21H,5-6,9-14,16H2,1-4H3,(H,25,31). The fourth-order valence-corrected chi connectivity index (χ4v) is 4.95. The van der Waals surface area contributed by atoms with Gasteiger partial charge in [0.25, 0.3) is 0 Å². The second-order valence-electron chi connectivity index (χ2n) is 9.52. The molecular formula is C24H36N6O. The van der Waals surface area contributed by atoms with Crippen LogP contribution in [0.5, 0.6) is 0 Å². The summed E-state index contributed by atoms with van der Waals surface area (Å²) in [7, 11) is 2.19. The highest BCUT2D eigenvalue weighted by atomic mass is 16.1. The van der Waals surface area contributed by atoms with Crippen LogP contribution < -0.4 is 10.2 Å². The van der Waals surface area contributed by atoms with Crippen molar-refractivity contribution in [3.8, 4) is 0 Å². The van der Waals surface area contributed by atoms with Crippen LogP contribution in [0.25, 0.3) is 0 Å². The van der Waals surface area contributed by atoms with Crippen molar-refractivity contribution in [1.82, 2.24) is 25.0 Å². The number of fused-ring (bicyclic) bond motifs is 2. The highest BCUT2D eigenvalue weighted by Crippen LogP contribution is 2.28. The Bertz CT molecular complexity index is 921. The summed E-state index contributed by atoms with van der Waals surface area (Å²) in [4.78, 5) is 16.6. The molecule has 3 heterocycles. The van der Waals surface area contributed by atoms with Gasteiger partial charge < -0.3 is 14.8 Å². The molecule has 168 valence electrons. The lowest BCUT2D eigenvalue weighted by molar-refractivity contribution is -0.119. The van der Waals surface area contributed by atoms with Gasteiger partial charge >= 0.3 is 0 Å². The quantitative estimate of drug-likeness (QED) is 0.772. The summed E-state index contributed by atoms with van der Waals surface area (Å²) in [6.07, 6.45) is 4.16. The van der Waals surface area contributed by atoms with Crippen LogP contribution in [0.3, 0.4) is 0 Å². The van der Waals surface area contributed by atoms with E-state index in [1.165, 1.54) is 29.7 Å². The third-order valence-corrected chi connectivity index (χ3v) is 6.44. The van der Waals surface area contributed by atoms with Gasteiger partial charge in [-0.3, -0.25) is 9.69 Å². The van der Waals surface area contributed by atoms with Gasteiger partial charge in [0.1, 0.15) is 5.82 Å². The first-order valence-electron chi connectivity index (χ1n) is 11.6. The lowest BCUT2D eigenvalue weighted by atomic mass is 9.99.